The number of hydrogen-bond donors (Lipinski definition) is 0. The largest absolute Gasteiger partial charge is 0.115 e. The zero-order chi connectivity index (χ0) is 47.1. The van der Waals surface area contributed by atoms with Crippen LogP contribution in [0.15, 0.2) is 206 Å². The number of terminal acetylenes is 1. The summed E-state index contributed by atoms with van der Waals surface area (Å²) in [5, 5.41) is 9.80. The van der Waals surface area contributed by atoms with E-state index in [1.165, 1.54) is 115 Å². The summed E-state index contributed by atoms with van der Waals surface area (Å²) >= 11 is 0. The number of allylic oxidation sites excluding steroid dienone is 9. The van der Waals surface area contributed by atoms with E-state index in [4.69, 9.17) is 6.42 Å². The van der Waals surface area contributed by atoms with Crippen LogP contribution in [0.3, 0.4) is 0 Å². The molecule has 13 rings (SSSR count). The predicted octanol–water partition coefficient (Wildman–Crippen LogP) is 15.7. The molecular weight excluding hydrogens is 841 g/mol. The Morgan fingerprint density at radius 2 is 1.19 bits per heavy atom. The highest BCUT2D eigenvalue weighted by atomic mass is 14.4. The molecular formula is C70H50. The Bertz CT molecular complexity index is 3980. The van der Waals surface area contributed by atoms with Gasteiger partial charge < -0.3 is 0 Å². The summed E-state index contributed by atoms with van der Waals surface area (Å²) in [6, 6.07) is 67.7. The highest BCUT2D eigenvalue weighted by Crippen LogP contribution is 2.54. The lowest BCUT2D eigenvalue weighted by Crippen LogP contribution is -2.40. The van der Waals surface area contributed by atoms with Crippen LogP contribution < -0.4 is 10.4 Å². The molecule has 2 atom stereocenters. The van der Waals surface area contributed by atoms with Crippen molar-refractivity contribution < 1.29 is 0 Å². The number of hydrogen-bond acceptors (Lipinski definition) is 0. The Morgan fingerprint density at radius 1 is 0.571 bits per heavy atom. The van der Waals surface area contributed by atoms with Gasteiger partial charge in [0, 0.05) is 28.2 Å². The van der Waals surface area contributed by atoms with Crippen LogP contribution >= 0.6 is 0 Å². The smallest absolute Gasteiger partial charge is 0.0412 e. The van der Waals surface area contributed by atoms with E-state index in [0.717, 1.165) is 29.4 Å². The van der Waals surface area contributed by atoms with Crippen molar-refractivity contribution in [2.75, 3.05) is 0 Å². The lowest BCUT2D eigenvalue weighted by Gasteiger charge is -2.34. The Kier molecular flexibility index (Phi) is 9.77. The zero-order valence-corrected chi connectivity index (χ0v) is 39.8. The number of rotatable bonds is 6. The molecule has 0 heterocycles. The van der Waals surface area contributed by atoms with Crippen molar-refractivity contribution in [3.63, 3.8) is 0 Å². The van der Waals surface area contributed by atoms with Gasteiger partial charge in [-0.05, 0) is 165 Å². The minimum absolute atomic E-state index is 0.0576. The first kappa shape index (κ1) is 41.7. The van der Waals surface area contributed by atoms with E-state index >= 15 is 0 Å². The molecule has 9 aromatic carbocycles. The first-order valence-electron chi connectivity index (χ1n) is 24.8. The van der Waals surface area contributed by atoms with E-state index < -0.39 is 0 Å². The fraction of sp³-hybridized carbons (Fsp3) is 0.114. The van der Waals surface area contributed by atoms with Gasteiger partial charge in [0.1, 0.15) is 0 Å². The minimum Gasteiger partial charge on any atom is -0.115 e. The zero-order valence-electron chi connectivity index (χ0n) is 39.8. The van der Waals surface area contributed by atoms with Crippen molar-refractivity contribution in [2.45, 2.75) is 39.0 Å². The fourth-order valence-corrected chi connectivity index (χ4v) is 12.9. The lowest BCUT2D eigenvalue weighted by atomic mass is 9.69. The van der Waals surface area contributed by atoms with Gasteiger partial charge in [0.05, 0.1) is 0 Å². The predicted molar refractivity (Wildman–Crippen MR) is 296 cm³/mol. The molecule has 2 unspecified atom stereocenters. The monoisotopic (exact) mass is 890 g/mol. The summed E-state index contributed by atoms with van der Waals surface area (Å²) < 4.78 is 0. The van der Waals surface area contributed by atoms with E-state index in [1.807, 2.05) is 12.1 Å². The highest BCUT2D eigenvalue weighted by molar-refractivity contribution is 6.22. The van der Waals surface area contributed by atoms with E-state index in [0.29, 0.717) is 0 Å². The van der Waals surface area contributed by atoms with Crippen molar-refractivity contribution in [1.82, 2.24) is 0 Å². The maximum atomic E-state index is 6.02. The number of benzene rings is 8. The molecule has 0 N–H and O–H groups in total. The van der Waals surface area contributed by atoms with E-state index in [-0.39, 0.29) is 17.3 Å². The molecule has 70 heavy (non-hydrogen) atoms. The topological polar surface area (TPSA) is 0 Å². The summed E-state index contributed by atoms with van der Waals surface area (Å²) in [6.07, 6.45) is 23.8. The van der Waals surface area contributed by atoms with Gasteiger partial charge in [0.25, 0.3) is 0 Å². The molecule has 0 aromatic heterocycles. The third-order valence-corrected chi connectivity index (χ3v) is 16.0. The quantitative estimate of drug-likeness (QED) is 0.146. The molecule has 330 valence electrons. The molecule has 9 aromatic rings. The molecule has 0 heteroatoms. The lowest BCUT2D eigenvalue weighted by molar-refractivity contribution is 0.652. The summed E-state index contributed by atoms with van der Waals surface area (Å²) in [4.78, 5) is 0. The SMILES string of the molecule is C#CC=Cc1c(-c2ccc(-c3c4c#cccc4c(C4=CC5=C(CC4)c4ccccc4C5(C)C)c4ccccc34)c3ccccc23)ccc(C2=c3ccccc3=C(c3ccccc3)C3C=CC=CC23)c1C. The van der Waals surface area contributed by atoms with Crippen LogP contribution in [-0.2, 0) is 5.41 Å². The molecule has 0 radical (unpaired) electrons. The molecule has 4 aliphatic carbocycles. The summed E-state index contributed by atoms with van der Waals surface area (Å²) in [5.41, 5.74) is 20.8. The Balaban J connectivity index is 1.00. The van der Waals surface area contributed by atoms with Crippen LogP contribution in [0.4, 0.5) is 0 Å². The minimum atomic E-state index is -0.0576. The van der Waals surface area contributed by atoms with Gasteiger partial charge in [-0.15, -0.1) is 6.42 Å². The van der Waals surface area contributed by atoms with E-state index in [1.54, 1.807) is 0 Å². The van der Waals surface area contributed by atoms with Crippen LogP contribution in [-0.4, -0.2) is 0 Å². The summed E-state index contributed by atoms with van der Waals surface area (Å²) in [5.74, 6) is 3.21. The number of fused-ring (bicyclic) bond motifs is 7. The highest BCUT2D eigenvalue weighted by Gasteiger charge is 2.38. The van der Waals surface area contributed by atoms with Gasteiger partial charge in [-0.1, -0.05) is 214 Å². The van der Waals surface area contributed by atoms with E-state index in [2.05, 4.69) is 233 Å². The van der Waals surface area contributed by atoms with Crippen LogP contribution in [0.2, 0.25) is 0 Å². The Labute approximate surface area is 411 Å². The molecule has 0 saturated carbocycles. The van der Waals surface area contributed by atoms with Gasteiger partial charge in [-0.3, -0.25) is 0 Å². The molecule has 0 amide bonds. The molecule has 0 bridgehead atoms. The normalized spacial score (nSPS) is 17.6. The van der Waals surface area contributed by atoms with E-state index in [9.17, 15) is 0 Å². The van der Waals surface area contributed by atoms with Crippen molar-refractivity contribution in [1.29, 1.82) is 0 Å². The van der Waals surface area contributed by atoms with Crippen LogP contribution in [0.1, 0.15) is 65.6 Å². The summed E-state index contributed by atoms with van der Waals surface area (Å²) in [7, 11) is 0. The Hall–Kier alpha value is -8.42. The van der Waals surface area contributed by atoms with Crippen molar-refractivity contribution in [2.24, 2.45) is 11.8 Å². The second kappa shape index (κ2) is 16.4. The molecule has 0 aliphatic heterocycles. The van der Waals surface area contributed by atoms with Gasteiger partial charge >= 0.3 is 0 Å². The van der Waals surface area contributed by atoms with Gasteiger partial charge in [0.2, 0.25) is 0 Å². The second-order valence-corrected chi connectivity index (χ2v) is 19.9. The van der Waals surface area contributed by atoms with Crippen LogP contribution in [0.5, 0.6) is 0 Å². The van der Waals surface area contributed by atoms with Gasteiger partial charge in [0.15, 0.2) is 0 Å². The second-order valence-electron chi connectivity index (χ2n) is 19.9. The van der Waals surface area contributed by atoms with Crippen LogP contribution in [0, 0.1) is 43.2 Å². The first-order chi connectivity index (χ1) is 34.4. The molecule has 4 aliphatic rings. The van der Waals surface area contributed by atoms with Crippen LogP contribution in [0.25, 0.3) is 82.9 Å². The van der Waals surface area contributed by atoms with Crippen molar-refractivity contribution in [3.8, 4) is 34.6 Å². The first-order valence-corrected chi connectivity index (χ1v) is 24.8. The average molecular weight is 891 g/mol. The van der Waals surface area contributed by atoms with Crippen molar-refractivity contribution in [3.05, 3.63) is 267 Å². The Morgan fingerprint density at radius 3 is 1.96 bits per heavy atom. The van der Waals surface area contributed by atoms with Gasteiger partial charge in [-0.25, -0.2) is 0 Å². The van der Waals surface area contributed by atoms with Gasteiger partial charge in [-0.2, -0.15) is 0 Å². The fourth-order valence-electron chi connectivity index (χ4n) is 12.9. The third-order valence-electron chi connectivity index (χ3n) is 16.0. The average Bonchev–Trinajstić information content (AvgIpc) is 3.64. The third kappa shape index (κ3) is 6.27. The standard InChI is InChI=1S/C70H50/c1-5-6-24-47-44(2)48(68-59-32-16-12-28-55(59)66(45-22-8-7-9-23-45)56-29-13-17-33-60(56)68)39-40-51(47)52-41-42-63(50-26-11-10-25-49(50)52)69-61-34-18-14-30-57(61)67(58-31-15-19-35-62(58)69)46-37-38-54-53-27-20-21-36-64(53)70(3,4)65(54)43-46/h1,6-18,20-34,36,39-43,55,59H,37-38H2,2-4H3. The molecule has 0 saturated heterocycles. The molecule has 0 nitrogen and oxygen atoms in total. The summed E-state index contributed by atoms with van der Waals surface area (Å²) in [6.45, 7) is 7.07. The van der Waals surface area contributed by atoms with Crippen molar-refractivity contribution >= 4 is 60.7 Å². The maximum absolute atomic E-state index is 6.02. The molecule has 0 fully saturated rings. The maximum Gasteiger partial charge on any atom is 0.0412 e. The molecule has 0 spiro atoms.